The van der Waals surface area contributed by atoms with E-state index < -0.39 is 36.1 Å². The maximum atomic E-state index is 14.1. The number of nitrogens with zero attached hydrogens (tertiary/aromatic N) is 2. The molecule has 0 saturated heterocycles. The zero-order valence-electron chi connectivity index (χ0n) is 31.8. The Bertz CT molecular complexity index is 1550. The van der Waals surface area contributed by atoms with E-state index in [1.165, 1.54) is 18.3 Å². The number of ether oxygens (including phenoxy) is 1. The first kappa shape index (κ1) is 42.3. The normalized spacial score (nSPS) is 14.8. The number of unbranched alkanes of at least 4 members (excludes halogenated alkanes) is 2. The smallest absolute Gasteiger partial charge is 0.303 e. The highest BCUT2D eigenvalue weighted by molar-refractivity contribution is 7.09. The van der Waals surface area contributed by atoms with Gasteiger partial charge in [-0.2, -0.15) is 0 Å². The standard InChI is InChI=1S/C40H58N6O5S/c1-8-27(4)36(44-34(48)22-16-11-17-23-42-6)40(50)46(7)32(26(2)3)24-33(51-28(5)47)39-43-31(25-52-39)38(49)45-37(30-20-14-10-15-21-30)35(41)29-18-12-9-13-19-29/h9-10,12-15,18-21,25-27,32-33,35-37,42H,8,11,16-17,22-24,41H2,1-7H3,(H,44,48)(H,45,49)/t27-,32+,33+,35-,36-,37-/m0/s1. The van der Waals surface area contributed by atoms with Crippen LogP contribution < -0.4 is 21.7 Å². The van der Waals surface area contributed by atoms with Crippen LogP contribution in [0.4, 0.5) is 0 Å². The number of nitrogens with two attached hydrogens (primary N) is 1. The summed E-state index contributed by atoms with van der Waals surface area (Å²) in [5, 5.41) is 11.3. The molecule has 0 aliphatic heterocycles. The predicted octanol–water partition coefficient (Wildman–Crippen LogP) is 6.10. The molecule has 11 nitrogen and oxygen atoms in total. The fourth-order valence-corrected chi connectivity index (χ4v) is 7.07. The van der Waals surface area contributed by atoms with Gasteiger partial charge < -0.3 is 31.3 Å². The van der Waals surface area contributed by atoms with E-state index >= 15 is 0 Å². The highest BCUT2D eigenvalue weighted by Gasteiger charge is 2.35. The second kappa shape index (κ2) is 21.4. The number of hydrogen-bond donors (Lipinski definition) is 4. The quantitative estimate of drug-likeness (QED) is 0.0756. The molecular formula is C40H58N6O5S. The van der Waals surface area contributed by atoms with Crippen LogP contribution in [0.15, 0.2) is 66.0 Å². The molecule has 5 N–H and O–H groups in total. The fraction of sp³-hybridized carbons (Fsp3) is 0.525. The van der Waals surface area contributed by atoms with Crippen molar-refractivity contribution in [1.29, 1.82) is 0 Å². The molecule has 0 aliphatic rings. The zero-order valence-corrected chi connectivity index (χ0v) is 32.6. The fourth-order valence-electron chi connectivity index (χ4n) is 6.24. The number of thiazole rings is 1. The summed E-state index contributed by atoms with van der Waals surface area (Å²) < 4.78 is 5.80. The molecule has 1 heterocycles. The van der Waals surface area contributed by atoms with Crippen LogP contribution in [0.2, 0.25) is 0 Å². The molecule has 3 aromatic rings. The average Bonchev–Trinajstić information content (AvgIpc) is 3.64. The number of carbonyl (C=O) groups is 4. The van der Waals surface area contributed by atoms with Gasteiger partial charge in [-0.1, -0.05) is 101 Å². The van der Waals surface area contributed by atoms with Crippen molar-refractivity contribution >= 4 is 35.0 Å². The number of esters is 1. The lowest BCUT2D eigenvalue weighted by Gasteiger charge is -2.37. The molecule has 0 bridgehead atoms. The molecule has 2 aromatic carbocycles. The summed E-state index contributed by atoms with van der Waals surface area (Å²) in [6, 6.07) is 17.0. The Hall–Kier alpha value is -4.13. The predicted molar refractivity (Wildman–Crippen MR) is 206 cm³/mol. The minimum Gasteiger partial charge on any atom is -0.455 e. The van der Waals surface area contributed by atoms with Crippen LogP contribution in [0.25, 0.3) is 0 Å². The van der Waals surface area contributed by atoms with Crippen LogP contribution in [0.1, 0.15) is 118 Å². The molecule has 0 unspecified atom stereocenters. The molecule has 0 saturated carbocycles. The van der Waals surface area contributed by atoms with Crippen LogP contribution in [0.5, 0.6) is 0 Å². The summed E-state index contributed by atoms with van der Waals surface area (Å²) in [5.74, 6) is -1.36. The first-order valence-electron chi connectivity index (χ1n) is 18.4. The van der Waals surface area contributed by atoms with Gasteiger partial charge in [-0.05, 0) is 49.4 Å². The third kappa shape index (κ3) is 12.5. The van der Waals surface area contributed by atoms with Gasteiger partial charge in [-0.25, -0.2) is 4.98 Å². The van der Waals surface area contributed by atoms with Gasteiger partial charge in [-0.15, -0.1) is 11.3 Å². The number of hydrogen-bond acceptors (Lipinski definition) is 9. The monoisotopic (exact) mass is 734 g/mol. The Morgan fingerprint density at radius 1 is 0.923 bits per heavy atom. The van der Waals surface area contributed by atoms with Crippen molar-refractivity contribution in [2.45, 2.75) is 103 Å². The highest BCUT2D eigenvalue weighted by atomic mass is 32.1. The zero-order chi connectivity index (χ0) is 38.2. The molecule has 3 rings (SSSR count). The molecule has 0 radical (unpaired) electrons. The maximum Gasteiger partial charge on any atom is 0.303 e. The van der Waals surface area contributed by atoms with Crippen molar-refractivity contribution in [2.75, 3.05) is 20.6 Å². The summed E-state index contributed by atoms with van der Waals surface area (Å²) >= 11 is 1.22. The van der Waals surface area contributed by atoms with Gasteiger partial charge in [0.05, 0.1) is 12.1 Å². The minimum atomic E-state index is -0.808. The Morgan fingerprint density at radius 3 is 2.13 bits per heavy atom. The number of amides is 3. The van der Waals surface area contributed by atoms with Crippen molar-refractivity contribution in [3.8, 4) is 0 Å². The summed E-state index contributed by atoms with van der Waals surface area (Å²) in [7, 11) is 3.64. The second-order valence-electron chi connectivity index (χ2n) is 13.8. The van der Waals surface area contributed by atoms with Crippen molar-refractivity contribution in [1.82, 2.24) is 25.8 Å². The third-order valence-corrected chi connectivity index (χ3v) is 10.5. The van der Waals surface area contributed by atoms with E-state index in [1.54, 1.807) is 17.3 Å². The summed E-state index contributed by atoms with van der Waals surface area (Å²) in [6.45, 7) is 10.2. The lowest BCUT2D eigenvalue weighted by Crippen LogP contribution is -2.54. The van der Waals surface area contributed by atoms with E-state index in [0.29, 0.717) is 17.8 Å². The summed E-state index contributed by atoms with van der Waals surface area (Å²) in [4.78, 5) is 59.4. The first-order chi connectivity index (χ1) is 24.9. The van der Waals surface area contributed by atoms with Crippen LogP contribution in [0.3, 0.4) is 0 Å². The highest BCUT2D eigenvalue weighted by Crippen LogP contribution is 2.32. The first-order valence-corrected chi connectivity index (χ1v) is 19.2. The Morgan fingerprint density at radius 2 is 1.56 bits per heavy atom. The van der Waals surface area contributed by atoms with Gasteiger partial charge in [0.2, 0.25) is 11.8 Å². The maximum absolute atomic E-state index is 14.1. The SMILES string of the molecule is CC[C@H](C)[C@H](NC(=O)CCCCCNC)C(=O)N(C)[C@H](C[C@@H](OC(C)=O)c1nc(C(=O)N[C@@H](c2ccccc2)[C@@H](N)c2ccccc2)cs1)C(C)C. The van der Waals surface area contributed by atoms with Crippen LogP contribution in [-0.4, -0.2) is 66.3 Å². The largest absolute Gasteiger partial charge is 0.455 e. The van der Waals surface area contributed by atoms with Crippen LogP contribution in [0, 0.1) is 11.8 Å². The van der Waals surface area contributed by atoms with E-state index in [1.807, 2.05) is 95.4 Å². The molecule has 1 aromatic heterocycles. The lowest BCUT2D eigenvalue weighted by atomic mass is 9.93. The van der Waals surface area contributed by atoms with E-state index in [2.05, 4.69) is 20.9 Å². The Kier molecular flexibility index (Phi) is 17.4. The number of likely N-dealkylation sites (N-methyl/N-ethyl adjacent to an activating group) is 1. The average molecular weight is 735 g/mol. The molecule has 12 heteroatoms. The van der Waals surface area contributed by atoms with E-state index in [4.69, 9.17) is 10.5 Å². The molecule has 0 spiro atoms. The van der Waals surface area contributed by atoms with Gasteiger partial charge in [0.1, 0.15) is 16.7 Å². The molecule has 3 amide bonds. The van der Waals surface area contributed by atoms with Gasteiger partial charge in [-0.3, -0.25) is 19.2 Å². The Labute approximate surface area is 313 Å². The molecule has 52 heavy (non-hydrogen) atoms. The van der Waals surface area contributed by atoms with Crippen molar-refractivity contribution in [3.05, 3.63) is 87.9 Å². The van der Waals surface area contributed by atoms with Gasteiger partial charge in [0.25, 0.3) is 5.91 Å². The van der Waals surface area contributed by atoms with Crippen molar-refractivity contribution in [2.24, 2.45) is 17.6 Å². The molecule has 284 valence electrons. The summed E-state index contributed by atoms with van der Waals surface area (Å²) in [6.07, 6.45) is 3.19. The van der Waals surface area contributed by atoms with Crippen molar-refractivity contribution < 1.29 is 23.9 Å². The van der Waals surface area contributed by atoms with Gasteiger partial charge in [0, 0.05) is 38.2 Å². The number of aromatic nitrogens is 1. The molecule has 6 atom stereocenters. The van der Waals surface area contributed by atoms with Gasteiger partial charge in [0.15, 0.2) is 6.10 Å². The van der Waals surface area contributed by atoms with E-state index in [-0.39, 0.29) is 41.8 Å². The third-order valence-electron chi connectivity index (χ3n) is 9.52. The topological polar surface area (TPSA) is 156 Å². The molecular weight excluding hydrogens is 677 g/mol. The molecule has 0 aliphatic carbocycles. The van der Waals surface area contributed by atoms with E-state index in [0.717, 1.165) is 36.9 Å². The minimum absolute atomic E-state index is 0.0266. The van der Waals surface area contributed by atoms with Crippen LogP contribution >= 0.6 is 11.3 Å². The number of nitrogens with one attached hydrogen (secondary N) is 3. The number of rotatable bonds is 21. The number of carbonyl (C=O) groups excluding carboxylic acids is 4. The Balaban J connectivity index is 1.81. The van der Waals surface area contributed by atoms with Crippen LogP contribution in [-0.2, 0) is 19.1 Å². The summed E-state index contributed by atoms with van der Waals surface area (Å²) in [5.41, 5.74) is 8.61. The lowest BCUT2D eigenvalue weighted by molar-refractivity contribution is -0.149. The van der Waals surface area contributed by atoms with Gasteiger partial charge >= 0.3 is 5.97 Å². The second-order valence-corrected chi connectivity index (χ2v) is 14.7. The number of benzene rings is 2. The van der Waals surface area contributed by atoms with Crippen molar-refractivity contribution in [3.63, 3.8) is 0 Å². The molecule has 0 fully saturated rings. The van der Waals surface area contributed by atoms with E-state index in [9.17, 15) is 19.2 Å².